The monoisotopic (exact) mass is 370 g/mol. The van der Waals surface area contributed by atoms with E-state index in [1.807, 2.05) is 13.8 Å². The van der Waals surface area contributed by atoms with Gasteiger partial charge in [-0.1, -0.05) is 61.9 Å². The van der Waals surface area contributed by atoms with Crippen molar-refractivity contribution in [2.24, 2.45) is 5.92 Å². The lowest BCUT2D eigenvalue weighted by Gasteiger charge is -2.18. The van der Waals surface area contributed by atoms with Crippen LogP contribution in [0.25, 0.3) is 0 Å². The summed E-state index contributed by atoms with van der Waals surface area (Å²) >= 11 is 0. The second kappa shape index (κ2) is 14.3. The number of hydrogen-bond acceptors (Lipinski definition) is 2. The van der Waals surface area contributed by atoms with Gasteiger partial charge in [0.15, 0.2) is 0 Å². The lowest BCUT2D eigenvalue weighted by atomic mass is 9.90. The van der Waals surface area contributed by atoms with E-state index < -0.39 is 0 Å². The van der Waals surface area contributed by atoms with Crippen LogP contribution in [0.2, 0.25) is 0 Å². The summed E-state index contributed by atoms with van der Waals surface area (Å²) in [6, 6.07) is 17.3. The second-order valence-electron chi connectivity index (χ2n) is 6.75. The Morgan fingerprint density at radius 1 is 0.963 bits per heavy atom. The summed E-state index contributed by atoms with van der Waals surface area (Å²) in [5.74, 6) is 1.68. The van der Waals surface area contributed by atoms with Crippen molar-refractivity contribution in [2.75, 3.05) is 20.3 Å². The molecule has 2 nitrogen and oxygen atoms in total. The van der Waals surface area contributed by atoms with Crippen LogP contribution in [0.3, 0.4) is 0 Å². The minimum absolute atomic E-state index is 0.671. The van der Waals surface area contributed by atoms with Gasteiger partial charge in [0, 0.05) is 13.2 Å². The van der Waals surface area contributed by atoms with Gasteiger partial charge in [0.05, 0.1) is 7.11 Å². The van der Waals surface area contributed by atoms with Crippen molar-refractivity contribution in [3.63, 3.8) is 0 Å². The number of hydrogen-bond donors (Lipinski definition) is 0. The Labute approximate surface area is 166 Å². The highest BCUT2D eigenvalue weighted by Crippen LogP contribution is 2.24. The fourth-order valence-corrected chi connectivity index (χ4v) is 3.37. The van der Waals surface area contributed by atoms with Gasteiger partial charge >= 0.3 is 0 Å². The first-order valence-corrected chi connectivity index (χ1v) is 10.5. The smallest absolute Gasteiger partial charge is 0.122 e. The van der Waals surface area contributed by atoms with Crippen LogP contribution in [-0.4, -0.2) is 20.3 Å². The van der Waals surface area contributed by atoms with E-state index in [0.29, 0.717) is 5.92 Å². The fraction of sp³-hybridized carbons (Fsp3) is 0.520. The second-order valence-corrected chi connectivity index (χ2v) is 6.75. The number of methoxy groups -OCH3 is 1. The van der Waals surface area contributed by atoms with Gasteiger partial charge in [-0.2, -0.15) is 0 Å². The van der Waals surface area contributed by atoms with Gasteiger partial charge in [0.1, 0.15) is 5.75 Å². The molecule has 0 saturated carbocycles. The van der Waals surface area contributed by atoms with Crippen molar-refractivity contribution in [3.05, 3.63) is 65.2 Å². The van der Waals surface area contributed by atoms with Crippen LogP contribution in [0.1, 0.15) is 56.7 Å². The Morgan fingerprint density at radius 3 is 2.37 bits per heavy atom. The van der Waals surface area contributed by atoms with E-state index in [2.05, 4.69) is 62.4 Å². The van der Waals surface area contributed by atoms with Crippen LogP contribution in [0.15, 0.2) is 48.5 Å². The summed E-state index contributed by atoms with van der Waals surface area (Å²) in [6.07, 6.45) is 5.75. The third-order valence-electron chi connectivity index (χ3n) is 4.74. The first-order chi connectivity index (χ1) is 13.2. The molecule has 0 amide bonds. The maximum atomic E-state index is 5.60. The molecule has 0 N–H and O–H groups in total. The molecule has 1 atom stereocenters. The molecule has 0 aliphatic heterocycles. The molecule has 0 spiro atoms. The zero-order valence-electron chi connectivity index (χ0n) is 18.0. The molecule has 0 radical (unpaired) electrons. The third-order valence-corrected chi connectivity index (χ3v) is 4.74. The molecule has 0 aliphatic carbocycles. The minimum atomic E-state index is 0.671. The first-order valence-electron chi connectivity index (χ1n) is 10.5. The zero-order valence-corrected chi connectivity index (χ0v) is 18.0. The summed E-state index contributed by atoms with van der Waals surface area (Å²) < 4.78 is 11.1. The summed E-state index contributed by atoms with van der Waals surface area (Å²) in [7, 11) is 1.76. The van der Waals surface area contributed by atoms with Crippen molar-refractivity contribution in [1.29, 1.82) is 0 Å². The van der Waals surface area contributed by atoms with E-state index in [-0.39, 0.29) is 0 Å². The quantitative estimate of drug-likeness (QED) is 0.413. The van der Waals surface area contributed by atoms with Crippen LogP contribution in [0.5, 0.6) is 5.75 Å². The number of benzene rings is 2. The van der Waals surface area contributed by atoms with Gasteiger partial charge in [-0.25, -0.2) is 0 Å². The summed E-state index contributed by atoms with van der Waals surface area (Å²) in [4.78, 5) is 0. The highest BCUT2D eigenvalue weighted by Gasteiger charge is 2.11. The molecule has 2 heteroatoms. The summed E-state index contributed by atoms with van der Waals surface area (Å²) in [6.45, 7) is 9.87. The van der Waals surface area contributed by atoms with Crippen molar-refractivity contribution in [1.82, 2.24) is 0 Å². The molecule has 1 unspecified atom stereocenters. The van der Waals surface area contributed by atoms with Crippen LogP contribution >= 0.6 is 0 Å². The van der Waals surface area contributed by atoms with Gasteiger partial charge in [-0.3, -0.25) is 0 Å². The van der Waals surface area contributed by atoms with Crippen molar-refractivity contribution in [2.45, 2.75) is 59.8 Å². The predicted molar refractivity (Wildman–Crippen MR) is 117 cm³/mol. The Hall–Kier alpha value is -1.80. The molecule has 2 aromatic carbocycles. The topological polar surface area (TPSA) is 18.5 Å². The molecule has 27 heavy (non-hydrogen) atoms. The van der Waals surface area contributed by atoms with Gasteiger partial charge in [0.25, 0.3) is 0 Å². The number of ether oxygens (including phenoxy) is 2. The molecule has 0 saturated heterocycles. The standard InChI is InChI=1S/C23H32O2.C2H6/c1-4-25-16-15-21(18-20-9-6-5-7-10-20)11-8-12-22-17-19(2)13-14-23(22)24-3;1-2/h5-7,9-10,13-14,17,21H,4,8,11-12,15-16,18H2,1-3H3;1-2H3. The minimum Gasteiger partial charge on any atom is -0.496 e. The van der Waals surface area contributed by atoms with Gasteiger partial charge < -0.3 is 9.47 Å². The van der Waals surface area contributed by atoms with Gasteiger partial charge in [-0.15, -0.1) is 0 Å². The average molecular weight is 371 g/mol. The normalized spacial score (nSPS) is 11.4. The predicted octanol–water partition coefficient (Wildman–Crippen LogP) is 6.64. The van der Waals surface area contributed by atoms with Gasteiger partial charge in [-0.05, 0) is 69.1 Å². The van der Waals surface area contributed by atoms with Crippen molar-refractivity contribution < 1.29 is 9.47 Å². The average Bonchev–Trinajstić information content (AvgIpc) is 2.70. The lowest BCUT2D eigenvalue weighted by Crippen LogP contribution is -2.09. The first kappa shape index (κ1) is 23.2. The molecule has 0 aromatic heterocycles. The van der Waals surface area contributed by atoms with E-state index in [0.717, 1.165) is 38.2 Å². The Balaban J connectivity index is 0.00000176. The third kappa shape index (κ3) is 9.10. The molecule has 0 bridgehead atoms. The fourth-order valence-electron chi connectivity index (χ4n) is 3.37. The lowest BCUT2D eigenvalue weighted by molar-refractivity contribution is 0.130. The highest BCUT2D eigenvalue weighted by molar-refractivity contribution is 5.36. The van der Waals surface area contributed by atoms with Crippen LogP contribution in [0, 0.1) is 12.8 Å². The van der Waals surface area contributed by atoms with E-state index in [9.17, 15) is 0 Å². The van der Waals surface area contributed by atoms with E-state index in [1.54, 1.807) is 7.11 Å². The highest BCUT2D eigenvalue weighted by atomic mass is 16.5. The van der Waals surface area contributed by atoms with Crippen molar-refractivity contribution in [3.8, 4) is 5.75 Å². The molecule has 150 valence electrons. The maximum Gasteiger partial charge on any atom is 0.122 e. The zero-order chi connectivity index (χ0) is 19.9. The van der Waals surface area contributed by atoms with E-state index >= 15 is 0 Å². The maximum absolute atomic E-state index is 5.60. The van der Waals surface area contributed by atoms with E-state index in [1.165, 1.54) is 29.5 Å². The Morgan fingerprint density at radius 2 is 1.70 bits per heavy atom. The van der Waals surface area contributed by atoms with Crippen LogP contribution in [0.4, 0.5) is 0 Å². The van der Waals surface area contributed by atoms with Gasteiger partial charge in [0.2, 0.25) is 0 Å². The Kier molecular flexibility index (Phi) is 12.3. The van der Waals surface area contributed by atoms with E-state index in [4.69, 9.17) is 9.47 Å². The molecular weight excluding hydrogens is 332 g/mol. The van der Waals surface area contributed by atoms with Crippen molar-refractivity contribution >= 4 is 0 Å². The summed E-state index contributed by atoms with van der Waals surface area (Å²) in [5, 5.41) is 0. The summed E-state index contributed by atoms with van der Waals surface area (Å²) in [5.41, 5.74) is 4.05. The molecule has 0 heterocycles. The Bertz CT molecular complexity index is 607. The molecule has 0 fully saturated rings. The largest absolute Gasteiger partial charge is 0.496 e. The molecule has 0 aliphatic rings. The van der Waals surface area contributed by atoms with Crippen LogP contribution in [-0.2, 0) is 17.6 Å². The molecule has 2 aromatic rings. The van der Waals surface area contributed by atoms with Crippen LogP contribution < -0.4 is 4.74 Å². The SMILES string of the molecule is CC.CCOCCC(CCCc1cc(C)ccc1OC)Cc1ccccc1. The number of rotatable bonds is 11. The number of aryl methyl sites for hydroxylation is 2. The molecular formula is C25H38O2. The molecule has 2 rings (SSSR count).